The Labute approximate surface area is 287 Å². The van der Waals surface area contributed by atoms with Crippen molar-refractivity contribution in [2.45, 2.75) is 11.0 Å². The van der Waals surface area contributed by atoms with Crippen LogP contribution in [0.5, 0.6) is 0 Å². The van der Waals surface area contributed by atoms with Gasteiger partial charge in [0.1, 0.15) is 23.3 Å². The monoisotopic (exact) mass is 722 g/mol. The van der Waals surface area contributed by atoms with Gasteiger partial charge in [-0.25, -0.2) is 17.6 Å². The zero-order valence-corrected chi connectivity index (χ0v) is 26.7. The van der Waals surface area contributed by atoms with E-state index in [4.69, 9.17) is 0 Å². The van der Waals surface area contributed by atoms with Crippen LogP contribution in [0.1, 0.15) is 31.8 Å². The third-order valence-corrected chi connectivity index (χ3v) is 9.40. The smallest absolute Gasteiger partial charge is 0.274 e. The molecular weight excluding hydrogens is 701 g/mol. The highest BCUT2D eigenvalue weighted by atomic mass is 33.1. The maximum Gasteiger partial charge on any atom is 0.274 e. The van der Waals surface area contributed by atoms with E-state index in [1.165, 1.54) is 36.4 Å². The van der Waals surface area contributed by atoms with Crippen molar-refractivity contribution in [2.24, 2.45) is 10.2 Å². The van der Waals surface area contributed by atoms with Crippen LogP contribution in [0.2, 0.25) is 0 Å². The van der Waals surface area contributed by atoms with E-state index in [1.54, 1.807) is 0 Å². The second-order valence-electron chi connectivity index (χ2n) is 10.4. The Kier molecular flexibility index (Phi) is 10.0. The first kappa shape index (κ1) is 34.0. The molecule has 4 aromatic carbocycles. The second kappa shape index (κ2) is 14.7. The lowest BCUT2D eigenvalue weighted by molar-refractivity contribution is -0.116. The van der Waals surface area contributed by atoms with Gasteiger partial charge in [0.25, 0.3) is 23.6 Å². The number of benzene rings is 4. The summed E-state index contributed by atoms with van der Waals surface area (Å²) in [6, 6.07) is 16.3. The molecule has 2 aliphatic rings. The fourth-order valence-corrected chi connectivity index (χ4v) is 6.53. The second-order valence-corrected chi connectivity index (χ2v) is 12.9. The van der Waals surface area contributed by atoms with E-state index < -0.39 is 57.9 Å². The summed E-state index contributed by atoms with van der Waals surface area (Å²) in [5.74, 6) is -5.09. The molecule has 6 rings (SSSR count). The number of carbonyl (C=O) groups excluding carboxylic acids is 4. The molecule has 2 atom stereocenters. The average molecular weight is 723 g/mol. The van der Waals surface area contributed by atoms with Crippen molar-refractivity contribution in [3.05, 3.63) is 130 Å². The molecule has 0 spiro atoms. The third-order valence-electron chi connectivity index (χ3n) is 6.97. The third kappa shape index (κ3) is 7.87. The van der Waals surface area contributed by atoms with Crippen LogP contribution >= 0.6 is 21.6 Å². The molecule has 0 saturated heterocycles. The number of rotatable bonds is 9. The number of anilines is 2. The van der Waals surface area contributed by atoms with Crippen LogP contribution in [0.4, 0.5) is 28.9 Å². The van der Waals surface area contributed by atoms with E-state index >= 15 is 0 Å². The minimum Gasteiger partial charge on any atom is -0.321 e. The highest BCUT2D eigenvalue weighted by molar-refractivity contribution is 8.77. The average Bonchev–Trinajstić information content (AvgIpc) is 3.09. The lowest BCUT2D eigenvalue weighted by atomic mass is 10.1. The van der Waals surface area contributed by atoms with Gasteiger partial charge in [0.15, 0.2) is 22.4 Å². The molecule has 0 aliphatic carbocycles. The molecular formula is C32H22F4N8O4S2. The standard InChI is InChI=1S/C32H22F4N8O4S2/c33-17-5-1-15(2-6-17)27(45)37-23-11-9-19(35)13-21(23)25-29(47)39-31(43-41-25)49-50-32-40-30(48)26(42-44-32)22-14-20(36)10-12-24(22)38-28(46)16-3-7-18(34)8-4-16/h1-14,31-32,43-44H,(H,37,45)(H,38,46)(H,39,47)(H,40,48). The van der Waals surface area contributed by atoms with Gasteiger partial charge in [0.05, 0.1) is 11.4 Å². The van der Waals surface area contributed by atoms with Crippen LogP contribution in [-0.2, 0) is 9.59 Å². The van der Waals surface area contributed by atoms with Crippen molar-refractivity contribution in [3.63, 3.8) is 0 Å². The number of halogens is 4. The zero-order valence-electron chi connectivity index (χ0n) is 25.1. The van der Waals surface area contributed by atoms with Crippen LogP contribution in [0, 0.1) is 23.3 Å². The Morgan fingerprint density at radius 1 is 0.560 bits per heavy atom. The predicted molar refractivity (Wildman–Crippen MR) is 180 cm³/mol. The summed E-state index contributed by atoms with van der Waals surface area (Å²) in [6.45, 7) is 0. The number of hydrazone groups is 2. The predicted octanol–water partition coefficient (Wildman–Crippen LogP) is 4.24. The SMILES string of the molecule is O=C1NC(SSC2NN=C(c3cc(F)ccc3NC(=O)c3ccc(F)cc3)C(=O)N2)NN=C1c1cc(F)ccc1NC(=O)c1ccc(F)cc1. The fraction of sp³-hybridized carbons (Fsp3) is 0.0625. The molecule has 6 N–H and O–H groups in total. The highest BCUT2D eigenvalue weighted by Gasteiger charge is 2.30. The molecule has 0 fully saturated rings. The van der Waals surface area contributed by atoms with E-state index in [9.17, 15) is 36.7 Å². The molecule has 50 heavy (non-hydrogen) atoms. The Hall–Kier alpha value is -5.88. The summed E-state index contributed by atoms with van der Waals surface area (Å²) in [4.78, 5) is 51.5. The van der Waals surface area contributed by atoms with E-state index in [0.29, 0.717) is 0 Å². The van der Waals surface area contributed by atoms with Crippen molar-refractivity contribution < 1.29 is 36.7 Å². The van der Waals surface area contributed by atoms with Crippen LogP contribution in [0.25, 0.3) is 0 Å². The van der Waals surface area contributed by atoms with Crippen LogP contribution in [-0.4, -0.2) is 46.0 Å². The molecule has 2 aliphatic heterocycles. The molecule has 2 heterocycles. The van der Waals surface area contributed by atoms with Crippen LogP contribution in [0.3, 0.4) is 0 Å². The summed E-state index contributed by atoms with van der Waals surface area (Å²) in [5, 5.41) is 18.6. The minimum absolute atomic E-state index is 0.0183. The minimum atomic E-state index is -0.831. The number of amides is 4. The molecule has 4 aromatic rings. The van der Waals surface area contributed by atoms with Crippen molar-refractivity contribution in [1.29, 1.82) is 0 Å². The number of nitrogens with one attached hydrogen (secondary N) is 6. The molecule has 0 saturated carbocycles. The first-order valence-corrected chi connectivity index (χ1v) is 16.7. The summed E-state index contributed by atoms with van der Waals surface area (Å²) in [6.07, 6.45) is 0. The summed E-state index contributed by atoms with van der Waals surface area (Å²) >= 11 is 0. The van der Waals surface area contributed by atoms with Gasteiger partial charge in [0.2, 0.25) is 0 Å². The largest absolute Gasteiger partial charge is 0.321 e. The van der Waals surface area contributed by atoms with Gasteiger partial charge in [0, 0.05) is 22.3 Å². The van der Waals surface area contributed by atoms with E-state index in [0.717, 1.165) is 70.1 Å². The number of carbonyl (C=O) groups is 4. The van der Waals surface area contributed by atoms with Crippen molar-refractivity contribution in [1.82, 2.24) is 21.5 Å². The van der Waals surface area contributed by atoms with Gasteiger partial charge in [-0.15, -0.1) is 0 Å². The maximum absolute atomic E-state index is 14.2. The lowest BCUT2D eigenvalue weighted by Crippen LogP contribution is -2.51. The summed E-state index contributed by atoms with van der Waals surface area (Å²) in [5.41, 5.74) is 3.70. The molecule has 0 aromatic heterocycles. The number of hydrogen-bond donors (Lipinski definition) is 6. The van der Waals surface area contributed by atoms with Crippen LogP contribution < -0.4 is 32.1 Å². The Balaban J connectivity index is 1.09. The van der Waals surface area contributed by atoms with Crippen LogP contribution in [0.15, 0.2) is 95.1 Å². The van der Waals surface area contributed by atoms with Crippen molar-refractivity contribution in [3.8, 4) is 0 Å². The molecule has 254 valence electrons. The molecule has 4 amide bonds. The molecule has 12 nitrogen and oxygen atoms in total. The topological polar surface area (TPSA) is 165 Å². The lowest BCUT2D eigenvalue weighted by Gasteiger charge is -2.27. The molecule has 0 radical (unpaired) electrons. The maximum atomic E-state index is 14.2. The summed E-state index contributed by atoms with van der Waals surface area (Å²) in [7, 11) is 2.07. The van der Waals surface area contributed by atoms with Gasteiger partial charge in [-0.05, 0) is 107 Å². The molecule has 2 unspecified atom stereocenters. The van der Waals surface area contributed by atoms with E-state index in [1.807, 2.05) is 0 Å². The molecule has 0 bridgehead atoms. The summed E-state index contributed by atoms with van der Waals surface area (Å²) < 4.78 is 55.0. The zero-order chi connectivity index (χ0) is 35.4. The van der Waals surface area contributed by atoms with Crippen molar-refractivity contribution in [2.75, 3.05) is 10.6 Å². The van der Waals surface area contributed by atoms with Gasteiger partial charge in [-0.2, -0.15) is 10.2 Å². The van der Waals surface area contributed by atoms with Gasteiger partial charge in [-0.1, -0.05) is 0 Å². The number of hydrogen-bond acceptors (Lipinski definition) is 10. The van der Waals surface area contributed by atoms with Crippen molar-refractivity contribution >= 4 is 68.0 Å². The van der Waals surface area contributed by atoms with Gasteiger partial charge in [-0.3, -0.25) is 30.0 Å². The Morgan fingerprint density at radius 2 is 0.920 bits per heavy atom. The van der Waals surface area contributed by atoms with E-state index in [-0.39, 0.29) is 45.1 Å². The van der Waals surface area contributed by atoms with Gasteiger partial charge < -0.3 is 21.3 Å². The van der Waals surface area contributed by atoms with E-state index in [2.05, 4.69) is 42.3 Å². The normalized spacial score (nSPS) is 16.9. The quantitative estimate of drug-likeness (QED) is 0.110. The Morgan fingerprint density at radius 3 is 1.28 bits per heavy atom. The first-order chi connectivity index (χ1) is 24.0. The van der Waals surface area contributed by atoms with Gasteiger partial charge >= 0.3 is 0 Å². The molecule has 18 heteroatoms. The fourth-order valence-electron chi connectivity index (χ4n) is 4.59. The first-order valence-electron chi connectivity index (χ1n) is 14.4. The number of nitrogens with zero attached hydrogens (tertiary/aromatic N) is 2. The Bertz CT molecular complexity index is 1920. The highest BCUT2D eigenvalue weighted by Crippen LogP contribution is 2.30.